The molecule has 2 aromatic rings. The first-order chi connectivity index (χ1) is 9.66. The maximum Gasteiger partial charge on any atom is 0.0438 e. The zero-order valence-corrected chi connectivity index (χ0v) is 13.0. The van der Waals surface area contributed by atoms with E-state index in [-0.39, 0.29) is 0 Å². The van der Waals surface area contributed by atoms with Gasteiger partial charge in [0.15, 0.2) is 0 Å². The van der Waals surface area contributed by atoms with Gasteiger partial charge in [0.25, 0.3) is 0 Å². The van der Waals surface area contributed by atoms with Crippen molar-refractivity contribution in [2.45, 2.75) is 32.7 Å². The van der Waals surface area contributed by atoms with Crippen LogP contribution in [0.15, 0.2) is 48.5 Å². The second-order valence-electron chi connectivity index (χ2n) is 5.36. The van der Waals surface area contributed by atoms with Crippen LogP contribution in [-0.2, 0) is 6.54 Å². The first-order valence-electron chi connectivity index (χ1n) is 7.17. The molecule has 20 heavy (non-hydrogen) atoms. The summed E-state index contributed by atoms with van der Waals surface area (Å²) < 4.78 is 0. The molecule has 1 atom stereocenters. The van der Waals surface area contributed by atoms with Crippen molar-refractivity contribution in [1.82, 2.24) is 5.32 Å². The van der Waals surface area contributed by atoms with Crippen molar-refractivity contribution >= 4 is 11.6 Å². The number of nitrogens with one attached hydrogen (secondary N) is 1. The molecule has 0 amide bonds. The number of hydrogen-bond acceptors (Lipinski definition) is 1. The summed E-state index contributed by atoms with van der Waals surface area (Å²) in [6, 6.07) is 16.9. The SMILES string of the molecule is Cc1ccc(CNCCC(C)c2ccccc2)cc1Cl. The number of rotatable bonds is 6. The predicted octanol–water partition coefficient (Wildman–Crippen LogP) is 4.93. The fourth-order valence-corrected chi connectivity index (χ4v) is 2.45. The summed E-state index contributed by atoms with van der Waals surface area (Å²) in [5, 5.41) is 4.34. The van der Waals surface area contributed by atoms with Crippen molar-refractivity contribution in [1.29, 1.82) is 0 Å². The highest BCUT2D eigenvalue weighted by molar-refractivity contribution is 6.31. The van der Waals surface area contributed by atoms with Gasteiger partial charge in [0.1, 0.15) is 0 Å². The minimum Gasteiger partial charge on any atom is -0.313 e. The van der Waals surface area contributed by atoms with Crippen molar-refractivity contribution in [3.8, 4) is 0 Å². The second-order valence-corrected chi connectivity index (χ2v) is 5.77. The van der Waals surface area contributed by atoms with E-state index in [9.17, 15) is 0 Å². The molecule has 1 unspecified atom stereocenters. The van der Waals surface area contributed by atoms with E-state index < -0.39 is 0 Å². The average molecular weight is 288 g/mol. The van der Waals surface area contributed by atoms with Gasteiger partial charge < -0.3 is 5.32 Å². The molecular formula is C18H22ClN. The molecule has 0 bridgehead atoms. The van der Waals surface area contributed by atoms with Crippen LogP contribution in [-0.4, -0.2) is 6.54 Å². The van der Waals surface area contributed by atoms with E-state index in [0.29, 0.717) is 5.92 Å². The van der Waals surface area contributed by atoms with Crippen molar-refractivity contribution < 1.29 is 0 Å². The van der Waals surface area contributed by atoms with Gasteiger partial charge in [-0.25, -0.2) is 0 Å². The van der Waals surface area contributed by atoms with Crippen LogP contribution in [0.3, 0.4) is 0 Å². The molecule has 0 heterocycles. The van der Waals surface area contributed by atoms with Gasteiger partial charge in [-0.05, 0) is 48.6 Å². The molecule has 0 spiro atoms. The Kier molecular flexibility index (Phi) is 5.63. The lowest BCUT2D eigenvalue weighted by molar-refractivity contribution is 0.594. The molecule has 0 aliphatic heterocycles. The quantitative estimate of drug-likeness (QED) is 0.743. The summed E-state index contributed by atoms with van der Waals surface area (Å²) in [6.07, 6.45) is 1.14. The van der Waals surface area contributed by atoms with Crippen molar-refractivity contribution in [2.75, 3.05) is 6.54 Å². The van der Waals surface area contributed by atoms with Crippen LogP contribution < -0.4 is 5.32 Å². The van der Waals surface area contributed by atoms with E-state index in [1.807, 2.05) is 13.0 Å². The van der Waals surface area contributed by atoms with Gasteiger partial charge in [0.2, 0.25) is 0 Å². The third-order valence-electron chi connectivity index (χ3n) is 3.69. The van der Waals surface area contributed by atoms with Crippen LogP contribution in [0, 0.1) is 6.92 Å². The van der Waals surface area contributed by atoms with Gasteiger partial charge in [-0.3, -0.25) is 0 Å². The van der Waals surface area contributed by atoms with Crippen LogP contribution in [0.1, 0.15) is 36.0 Å². The normalized spacial score (nSPS) is 12.3. The summed E-state index contributed by atoms with van der Waals surface area (Å²) in [5.41, 5.74) is 3.79. The largest absolute Gasteiger partial charge is 0.313 e. The topological polar surface area (TPSA) is 12.0 Å². The summed E-state index contributed by atoms with van der Waals surface area (Å²) in [6.45, 7) is 6.20. The third kappa shape index (κ3) is 4.36. The molecular weight excluding hydrogens is 266 g/mol. The lowest BCUT2D eigenvalue weighted by Crippen LogP contribution is -2.16. The Morgan fingerprint density at radius 3 is 2.55 bits per heavy atom. The van der Waals surface area contributed by atoms with Crippen LogP contribution in [0.4, 0.5) is 0 Å². The molecule has 0 fully saturated rings. The van der Waals surface area contributed by atoms with E-state index in [1.165, 1.54) is 11.1 Å². The molecule has 0 radical (unpaired) electrons. The summed E-state index contributed by atoms with van der Waals surface area (Å²) >= 11 is 6.13. The maximum atomic E-state index is 6.13. The Hall–Kier alpha value is -1.31. The Labute approximate surface area is 127 Å². The molecule has 2 heteroatoms. The minimum absolute atomic E-state index is 0.588. The van der Waals surface area contributed by atoms with Crippen LogP contribution in [0.2, 0.25) is 5.02 Å². The van der Waals surface area contributed by atoms with Crippen LogP contribution in [0.5, 0.6) is 0 Å². The molecule has 0 aliphatic rings. The summed E-state index contributed by atoms with van der Waals surface area (Å²) in [7, 11) is 0. The second kappa shape index (κ2) is 7.47. The number of halogens is 1. The van der Waals surface area contributed by atoms with Gasteiger partial charge in [-0.15, -0.1) is 0 Å². The van der Waals surface area contributed by atoms with Crippen molar-refractivity contribution in [3.63, 3.8) is 0 Å². The predicted molar refractivity (Wildman–Crippen MR) is 87.4 cm³/mol. The number of hydrogen-bond donors (Lipinski definition) is 1. The smallest absolute Gasteiger partial charge is 0.0438 e. The van der Waals surface area contributed by atoms with E-state index in [1.54, 1.807) is 0 Å². The Morgan fingerprint density at radius 2 is 1.85 bits per heavy atom. The Balaban J connectivity index is 1.75. The van der Waals surface area contributed by atoms with E-state index in [4.69, 9.17) is 11.6 Å². The molecule has 2 rings (SSSR count). The summed E-state index contributed by atoms with van der Waals surface area (Å²) in [4.78, 5) is 0. The molecule has 0 aliphatic carbocycles. The van der Waals surface area contributed by atoms with Gasteiger partial charge in [-0.1, -0.05) is 61.0 Å². The highest BCUT2D eigenvalue weighted by atomic mass is 35.5. The van der Waals surface area contributed by atoms with Crippen molar-refractivity contribution in [2.24, 2.45) is 0 Å². The van der Waals surface area contributed by atoms with Gasteiger partial charge >= 0.3 is 0 Å². The lowest BCUT2D eigenvalue weighted by atomic mass is 9.98. The fraction of sp³-hybridized carbons (Fsp3) is 0.333. The Morgan fingerprint density at radius 1 is 1.10 bits per heavy atom. The van der Waals surface area contributed by atoms with Crippen LogP contribution in [0.25, 0.3) is 0 Å². The standard InChI is InChI=1S/C18H22ClN/c1-14(17-6-4-3-5-7-17)10-11-20-13-16-9-8-15(2)18(19)12-16/h3-9,12,14,20H,10-11,13H2,1-2H3. The highest BCUT2D eigenvalue weighted by Gasteiger charge is 2.04. The monoisotopic (exact) mass is 287 g/mol. The first kappa shape index (κ1) is 15.1. The molecule has 1 nitrogen and oxygen atoms in total. The number of aryl methyl sites for hydroxylation is 1. The molecule has 2 aromatic carbocycles. The van der Waals surface area contributed by atoms with Gasteiger partial charge in [0, 0.05) is 11.6 Å². The minimum atomic E-state index is 0.588. The highest BCUT2D eigenvalue weighted by Crippen LogP contribution is 2.18. The van der Waals surface area contributed by atoms with Crippen LogP contribution >= 0.6 is 11.6 Å². The third-order valence-corrected chi connectivity index (χ3v) is 4.10. The summed E-state index contributed by atoms with van der Waals surface area (Å²) in [5.74, 6) is 0.588. The van der Waals surface area contributed by atoms with E-state index in [2.05, 4.69) is 54.7 Å². The fourth-order valence-electron chi connectivity index (χ4n) is 2.25. The Bertz CT molecular complexity index is 536. The van der Waals surface area contributed by atoms with E-state index in [0.717, 1.165) is 30.1 Å². The molecule has 0 aromatic heterocycles. The zero-order chi connectivity index (χ0) is 14.4. The van der Waals surface area contributed by atoms with Crippen molar-refractivity contribution in [3.05, 3.63) is 70.2 Å². The average Bonchev–Trinajstić information content (AvgIpc) is 2.48. The van der Waals surface area contributed by atoms with Gasteiger partial charge in [-0.2, -0.15) is 0 Å². The van der Waals surface area contributed by atoms with Gasteiger partial charge in [0.05, 0.1) is 0 Å². The molecule has 0 saturated carbocycles. The molecule has 106 valence electrons. The molecule has 1 N–H and O–H groups in total. The van der Waals surface area contributed by atoms with E-state index >= 15 is 0 Å². The number of benzene rings is 2. The lowest BCUT2D eigenvalue weighted by Gasteiger charge is -2.12. The molecule has 0 saturated heterocycles. The first-order valence-corrected chi connectivity index (χ1v) is 7.55. The maximum absolute atomic E-state index is 6.13. The zero-order valence-electron chi connectivity index (χ0n) is 12.2.